The maximum Gasteiger partial charge on any atom is 0.309 e. The fraction of sp³-hybridized carbons (Fsp3) is 0.462. The summed E-state index contributed by atoms with van der Waals surface area (Å²) < 4.78 is 0. The summed E-state index contributed by atoms with van der Waals surface area (Å²) in [6, 6.07) is 6.59. The Morgan fingerprint density at radius 3 is 2.67 bits per heavy atom. The quantitative estimate of drug-likeness (QED) is 0.638. The van der Waals surface area contributed by atoms with Crippen molar-refractivity contribution in [1.29, 1.82) is 5.26 Å². The number of anilines is 1. The van der Waals surface area contributed by atoms with E-state index in [0.29, 0.717) is 5.69 Å². The summed E-state index contributed by atoms with van der Waals surface area (Å²) >= 11 is 0. The van der Waals surface area contributed by atoms with Gasteiger partial charge >= 0.3 is 5.69 Å². The van der Waals surface area contributed by atoms with E-state index in [1.54, 1.807) is 12.1 Å². The monoisotopic (exact) mass is 247 g/mol. The molecule has 0 spiro atoms. The predicted octanol–water partition coefficient (Wildman–Crippen LogP) is 3.46. The molecule has 5 heteroatoms. The first-order valence-corrected chi connectivity index (χ1v) is 5.87. The number of rotatable bonds is 5. The molecule has 5 nitrogen and oxygen atoms in total. The number of nitro benzene ring substituents is 1. The molecule has 0 heterocycles. The van der Waals surface area contributed by atoms with E-state index in [1.165, 1.54) is 6.07 Å². The Morgan fingerprint density at radius 2 is 2.17 bits per heavy atom. The van der Waals surface area contributed by atoms with Gasteiger partial charge in [0.2, 0.25) is 0 Å². The Morgan fingerprint density at radius 1 is 1.50 bits per heavy atom. The maximum atomic E-state index is 11.1. The number of nitrogens with zero attached hydrogens (tertiary/aromatic N) is 2. The average Bonchev–Trinajstić information content (AvgIpc) is 2.27. The van der Waals surface area contributed by atoms with Gasteiger partial charge in [0.1, 0.15) is 17.3 Å². The Labute approximate surface area is 107 Å². The summed E-state index contributed by atoms with van der Waals surface area (Å²) in [6.45, 7) is 6.03. The van der Waals surface area contributed by atoms with E-state index >= 15 is 0 Å². The number of nitriles is 1. The van der Waals surface area contributed by atoms with Crippen LogP contribution in [-0.2, 0) is 0 Å². The molecule has 0 bridgehead atoms. The fourth-order valence-electron chi connectivity index (χ4n) is 1.98. The average molecular weight is 247 g/mol. The molecular weight excluding hydrogens is 230 g/mol. The molecule has 18 heavy (non-hydrogen) atoms. The third-order valence-electron chi connectivity index (χ3n) is 2.69. The van der Waals surface area contributed by atoms with Gasteiger partial charge in [-0.1, -0.05) is 19.4 Å². The highest BCUT2D eigenvalue weighted by Crippen LogP contribution is 2.31. The molecule has 0 saturated heterocycles. The molecule has 1 aromatic rings. The Kier molecular flexibility index (Phi) is 4.27. The minimum Gasteiger partial charge on any atom is -0.375 e. The maximum absolute atomic E-state index is 11.1. The van der Waals surface area contributed by atoms with Gasteiger partial charge in [0.25, 0.3) is 0 Å². The zero-order valence-corrected chi connectivity index (χ0v) is 10.9. The Hall–Kier alpha value is -2.09. The summed E-state index contributed by atoms with van der Waals surface area (Å²) in [5, 5.41) is 23.1. The van der Waals surface area contributed by atoms with Gasteiger partial charge in [-0.05, 0) is 32.4 Å². The molecule has 1 N–H and O–H groups in total. The topological polar surface area (TPSA) is 79.0 Å². The second-order valence-electron chi connectivity index (χ2n) is 4.83. The first kappa shape index (κ1) is 14.0. The fourth-order valence-corrected chi connectivity index (χ4v) is 1.98. The Bertz CT molecular complexity index is 489. The van der Waals surface area contributed by atoms with Gasteiger partial charge in [-0.15, -0.1) is 0 Å². The van der Waals surface area contributed by atoms with Crippen molar-refractivity contribution < 1.29 is 4.92 Å². The molecule has 0 fully saturated rings. The zero-order chi connectivity index (χ0) is 13.8. The standard InChI is InChI=1S/C13H17N3O2/c1-4-8-13(2,3)15-11-7-5-6-10(9-14)12(11)16(17)18/h5-7,15H,4,8H2,1-3H3. The third-order valence-corrected chi connectivity index (χ3v) is 2.69. The van der Waals surface area contributed by atoms with Crippen molar-refractivity contribution in [2.45, 2.75) is 39.2 Å². The van der Waals surface area contributed by atoms with Crippen molar-refractivity contribution in [3.63, 3.8) is 0 Å². The normalized spacial score (nSPS) is 10.8. The van der Waals surface area contributed by atoms with E-state index in [0.717, 1.165) is 12.8 Å². The van der Waals surface area contributed by atoms with E-state index in [-0.39, 0.29) is 16.8 Å². The minimum atomic E-state index is -0.511. The molecule has 0 unspecified atom stereocenters. The van der Waals surface area contributed by atoms with Crippen LogP contribution in [0, 0.1) is 21.4 Å². The van der Waals surface area contributed by atoms with Crippen molar-refractivity contribution in [3.05, 3.63) is 33.9 Å². The number of para-hydroxylation sites is 1. The molecule has 0 aliphatic heterocycles. The van der Waals surface area contributed by atoms with Crippen molar-refractivity contribution in [1.82, 2.24) is 0 Å². The lowest BCUT2D eigenvalue weighted by atomic mass is 9.98. The van der Waals surface area contributed by atoms with Crippen molar-refractivity contribution in [2.75, 3.05) is 5.32 Å². The van der Waals surface area contributed by atoms with E-state index in [2.05, 4.69) is 12.2 Å². The molecule has 0 amide bonds. The lowest BCUT2D eigenvalue weighted by Crippen LogP contribution is -2.30. The zero-order valence-electron chi connectivity index (χ0n) is 10.9. The highest BCUT2D eigenvalue weighted by Gasteiger charge is 2.24. The smallest absolute Gasteiger partial charge is 0.309 e. The number of benzene rings is 1. The predicted molar refractivity (Wildman–Crippen MR) is 70.4 cm³/mol. The van der Waals surface area contributed by atoms with Gasteiger partial charge in [0.15, 0.2) is 0 Å². The van der Waals surface area contributed by atoms with E-state index < -0.39 is 4.92 Å². The highest BCUT2D eigenvalue weighted by molar-refractivity contribution is 5.69. The second-order valence-corrected chi connectivity index (χ2v) is 4.83. The van der Waals surface area contributed by atoms with Crippen LogP contribution in [0.3, 0.4) is 0 Å². The van der Waals surface area contributed by atoms with Crippen molar-refractivity contribution in [2.24, 2.45) is 0 Å². The van der Waals surface area contributed by atoms with E-state index in [4.69, 9.17) is 5.26 Å². The van der Waals surface area contributed by atoms with Crippen LogP contribution in [0.15, 0.2) is 18.2 Å². The highest BCUT2D eigenvalue weighted by atomic mass is 16.6. The third kappa shape index (κ3) is 3.20. The van der Waals surface area contributed by atoms with Crippen LogP contribution in [0.5, 0.6) is 0 Å². The summed E-state index contributed by atoms with van der Waals surface area (Å²) in [4.78, 5) is 10.5. The molecule has 0 aliphatic rings. The molecule has 0 atom stereocenters. The summed E-state index contributed by atoms with van der Waals surface area (Å²) in [5.74, 6) is 0. The summed E-state index contributed by atoms with van der Waals surface area (Å²) in [6.07, 6.45) is 1.87. The molecule has 96 valence electrons. The van der Waals surface area contributed by atoms with Gasteiger partial charge in [-0.3, -0.25) is 10.1 Å². The second kappa shape index (κ2) is 5.50. The van der Waals surface area contributed by atoms with Crippen LogP contribution in [0.25, 0.3) is 0 Å². The Balaban J connectivity index is 3.18. The summed E-state index contributed by atoms with van der Waals surface area (Å²) in [7, 11) is 0. The van der Waals surface area contributed by atoms with Crippen LogP contribution in [0.4, 0.5) is 11.4 Å². The van der Waals surface area contributed by atoms with E-state index in [9.17, 15) is 10.1 Å². The molecule has 0 saturated carbocycles. The van der Waals surface area contributed by atoms with Crippen LogP contribution >= 0.6 is 0 Å². The van der Waals surface area contributed by atoms with Crippen molar-refractivity contribution >= 4 is 11.4 Å². The van der Waals surface area contributed by atoms with Gasteiger partial charge < -0.3 is 5.32 Å². The van der Waals surface area contributed by atoms with Gasteiger partial charge in [0.05, 0.1) is 4.92 Å². The van der Waals surface area contributed by atoms with Gasteiger partial charge in [0, 0.05) is 5.54 Å². The number of nitrogens with one attached hydrogen (secondary N) is 1. The van der Waals surface area contributed by atoms with Crippen LogP contribution < -0.4 is 5.32 Å². The minimum absolute atomic E-state index is 0.0808. The molecule has 1 aromatic carbocycles. The number of nitro groups is 1. The SMILES string of the molecule is CCCC(C)(C)Nc1cccc(C#N)c1[N+](=O)[O-]. The van der Waals surface area contributed by atoms with Crippen LogP contribution in [0.1, 0.15) is 39.2 Å². The van der Waals surface area contributed by atoms with Gasteiger partial charge in [-0.2, -0.15) is 5.26 Å². The van der Waals surface area contributed by atoms with Crippen molar-refractivity contribution in [3.8, 4) is 6.07 Å². The number of hydrogen-bond donors (Lipinski definition) is 1. The van der Waals surface area contributed by atoms with E-state index in [1.807, 2.05) is 19.9 Å². The lowest BCUT2D eigenvalue weighted by molar-refractivity contribution is -0.384. The summed E-state index contributed by atoms with van der Waals surface area (Å²) in [5.41, 5.74) is 0.0899. The van der Waals surface area contributed by atoms with Crippen LogP contribution in [0.2, 0.25) is 0 Å². The first-order chi connectivity index (χ1) is 8.41. The molecule has 0 aliphatic carbocycles. The molecule has 0 radical (unpaired) electrons. The first-order valence-electron chi connectivity index (χ1n) is 5.87. The number of hydrogen-bond acceptors (Lipinski definition) is 4. The van der Waals surface area contributed by atoms with Crippen LogP contribution in [-0.4, -0.2) is 10.5 Å². The molecule has 1 rings (SSSR count). The molecular formula is C13H17N3O2. The lowest BCUT2D eigenvalue weighted by Gasteiger charge is -2.27. The largest absolute Gasteiger partial charge is 0.375 e. The van der Waals surface area contributed by atoms with Gasteiger partial charge in [-0.25, -0.2) is 0 Å². The molecule has 0 aromatic heterocycles.